The first-order valence-corrected chi connectivity index (χ1v) is 8.88. The normalized spacial score (nSPS) is 15.4. The molecule has 0 aromatic carbocycles. The maximum atomic E-state index is 11.9. The van der Waals surface area contributed by atoms with Gasteiger partial charge in [0.1, 0.15) is 0 Å². The number of H-pyrrole nitrogens is 1. The zero-order valence-electron chi connectivity index (χ0n) is 13.9. The summed E-state index contributed by atoms with van der Waals surface area (Å²) in [7, 11) is 0. The van der Waals surface area contributed by atoms with Crippen LogP contribution in [0, 0.1) is 6.92 Å². The smallest absolute Gasteiger partial charge is 0.161 e. The number of piperidine rings is 1. The number of carbonyl (C=O) groups excluding carboxylic acids is 1. The predicted molar refractivity (Wildman–Crippen MR) is 98.1 cm³/mol. The van der Waals surface area contributed by atoms with Gasteiger partial charge in [-0.2, -0.15) is 0 Å². The third kappa shape index (κ3) is 3.52. The molecule has 0 amide bonds. The van der Waals surface area contributed by atoms with E-state index in [4.69, 9.17) is 4.98 Å². The molecule has 1 fully saturated rings. The molecule has 2 aromatic heterocycles. The molecule has 6 heteroatoms. The Morgan fingerprint density at radius 1 is 1.39 bits per heavy atom. The lowest BCUT2D eigenvalue weighted by Crippen LogP contribution is -2.26. The molecular weight excluding hydrogens is 330 g/mol. The highest BCUT2D eigenvalue weighted by atomic mass is 35.5. The van der Waals surface area contributed by atoms with Gasteiger partial charge in [0.25, 0.3) is 0 Å². The van der Waals surface area contributed by atoms with Gasteiger partial charge in [-0.1, -0.05) is 6.92 Å². The Bertz CT molecular complexity index is 686. The second-order valence-electron chi connectivity index (χ2n) is 5.98. The first-order chi connectivity index (χ1) is 10.6. The Balaban J connectivity index is 0.00000192. The number of Topliss-reactive ketones (excluding diaryl/α,β-unsaturated/α-hetero) is 1. The maximum absolute atomic E-state index is 11.9. The molecular formula is C17H24ClN3OS. The van der Waals surface area contributed by atoms with Crippen molar-refractivity contribution in [1.29, 1.82) is 0 Å². The molecule has 2 N–H and O–H groups in total. The van der Waals surface area contributed by atoms with Crippen LogP contribution in [0.1, 0.15) is 59.2 Å². The minimum absolute atomic E-state index is 0. The Morgan fingerprint density at radius 3 is 2.70 bits per heavy atom. The van der Waals surface area contributed by atoms with Crippen LogP contribution in [0.4, 0.5) is 0 Å². The number of carbonyl (C=O) groups is 1. The van der Waals surface area contributed by atoms with Gasteiger partial charge in [-0.05, 0) is 51.8 Å². The van der Waals surface area contributed by atoms with Gasteiger partial charge in [0.05, 0.1) is 16.4 Å². The Hall–Kier alpha value is -1.17. The van der Waals surface area contributed by atoms with Crippen molar-refractivity contribution in [2.75, 3.05) is 13.1 Å². The van der Waals surface area contributed by atoms with E-state index in [0.29, 0.717) is 5.92 Å². The number of hydrogen-bond acceptors (Lipinski definition) is 4. The third-order valence-corrected chi connectivity index (χ3v) is 5.47. The maximum Gasteiger partial charge on any atom is 0.161 e. The van der Waals surface area contributed by atoms with Gasteiger partial charge in [-0.15, -0.1) is 23.7 Å². The van der Waals surface area contributed by atoms with Crippen molar-refractivity contribution in [1.82, 2.24) is 15.3 Å². The highest BCUT2D eigenvalue weighted by molar-refractivity contribution is 7.10. The van der Waals surface area contributed by atoms with Crippen LogP contribution in [0.15, 0.2) is 5.38 Å². The van der Waals surface area contributed by atoms with E-state index in [0.717, 1.165) is 60.6 Å². The molecule has 0 spiro atoms. The van der Waals surface area contributed by atoms with E-state index in [1.165, 1.54) is 5.01 Å². The topological polar surface area (TPSA) is 57.8 Å². The van der Waals surface area contributed by atoms with Crippen LogP contribution in [-0.2, 0) is 6.42 Å². The first-order valence-electron chi connectivity index (χ1n) is 8.00. The molecule has 1 aliphatic rings. The minimum Gasteiger partial charge on any atom is -0.356 e. The largest absolute Gasteiger partial charge is 0.356 e. The van der Waals surface area contributed by atoms with Gasteiger partial charge >= 0.3 is 0 Å². The number of aromatic amines is 1. The second-order valence-corrected chi connectivity index (χ2v) is 6.87. The number of nitrogens with one attached hydrogen (secondary N) is 2. The van der Waals surface area contributed by atoms with Crippen molar-refractivity contribution in [3.8, 4) is 11.4 Å². The number of ketones is 1. The molecule has 0 radical (unpaired) electrons. The van der Waals surface area contributed by atoms with Crippen molar-refractivity contribution in [2.45, 2.75) is 46.0 Å². The molecule has 0 unspecified atom stereocenters. The van der Waals surface area contributed by atoms with Crippen molar-refractivity contribution in [2.24, 2.45) is 0 Å². The lowest BCUT2D eigenvalue weighted by atomic mass is 9.99. The molecule has 3 heterocycles. The van der Waals surface area contributed by atoms with Gasteiger partial charge in [0.2, 0.25) is 0 Å². The second kappa shape index (κ2) is 7.60. The van der Waals surface area contributed by atoms with E-state index in [1.807, 2.05) is 6.92 Å². The molecule has 0 saturated carbocycles. The molecule has 3 rings (SSSR count). The number of aromatic nitrogens is 2. The van der Waals surface area contributed by atoms with E-state index < -0.39 is 0 Å². The zero-order chi connectivity index (χ0) is 15.7. The van der Waals surface area contributed by atoms with E-state index in [1.54, 1.807) is 18.3 Å². The summed E-state index contributed by atoms with van der Waals surface area (Å²) in [4.78, 5) is 20.2. The van der Waals surface area contributed by atoms with Crippen LogP contribution < -0.4 is 5.32 Å². The molecule has 4 nitrogen and oxygen atoms in total. The molecule has 23 heavy (non-hydrogen) atoms. The lowest BCUT2D eigenvalue weighted by Gasteiger charge is -2.20. The quantitative estimate of drug-likeness (QED) is 0.813. The van der Waals surface area contributed by atoms with Crippen molar-refractivity contribution < 1.29 is 4.79 Å². The molecule has 1 saturated heterocycles. The van der Waals surface area contributed by atoms with Crippen molar-refractivity contribution >= 4 is 29.5 Å². The van der Waals surface area contributed by atoms with Crippen molar-refractivity contribution in [3.63, 3.8) is 0 Å². The highest BCUT2D eigenvalue weighted by Crippen LogP contribution is 2.34. The number of hydrogen-bond donors (Lipinski definition) is 2. The van der Waals surface area contributed by atoms with E-state index in [-0.39, 0.29) is 18.2 Å². The SMILES string of the molecule is CCc1c(-c2csc(C3CCNCC3)n2)[nH]c(C)c1C(C)=O.Cl. The highest BCUT2D eigenvalue weighted by Gasteiger charge is 2.22. The average Bonchev–Trinajstić information content (AvgIpc) is 3.12. The standard InChI is InChI=1S/C17H23N3OS.ClH/c1-4-13-15(11(3)21)10(2)19-16(13)14-9-22-17(20-14)12-5-7-18-8-6-12;/h9,12,18-19H,4-8H2,1-3H3;1H. The van der Waals surface area contributed by atoms with E-state index >= 15 is 0 Å². The fourth-order valence-electron chi connectivity index (χ4n) is 3.38. The van der Waals surface area contributed by atoms with Crippen LogP contribution in [0.2, 0.25) is 0 Å². The summed E-state index contributed by atoms with van der Waals surface area (Å²) in [6.07, 6.45) is 3.17. The van der Waals surface area contributed by atoms with Gasteiger partial charge in [0, 0.05) is 22.6 Å². The minimum atomic E-state index is 0. The summed E-state index contributed by atoms with van der Waals surface area (Å²) >= 11 is 1.75. The van der Waals surface area contributed by atoms with Crippen LogP contribution >= 0.6 is 23.7 Å². The number of aryl methyl sites for hydroxylation is 1. The Morgan fingerprint density at radius 2 is 2.09 bits per heavy atom. The molecule has 2 aromatic rings. The third-order valence-electron chi connectivity index (χ3n) is 4.46. The fraction of sp³-hybridized carbons (Fsp3) is 0.529. The lowest BCUT2D eigenvalue weighted by molar-refractivity contribution is 0.101. The van der Waals surface area contributed by atoms with E-state index in [9.17, 15) is 4.79 Å². The molecule has 1 aliphatic heterocycles. The van der Waals surface area contributed by atoms with Gasteiger partial charge < -0.3 is 10.3 Å². The summed E-state index contributed by atoms with van der Waals surface area (Å²) in [6.45, 7) is 7.87. The van der Waals surface area contributed by atoms with Gasteiger partial charge in [0.15, 0.2) is 5.78 Å². The first kappa shape index (κ1) is 18.2. The number of thiazole rings is 1. The number of halogens is 1. The van der Waals surface area contributed by atoms with Crippen LogP contribution in [0.5, 0.6) is 0 Å². The van der Waals surface area contributed by atoms with Crippen LogP contribution in [0.25, 0.3) is 11.4 Å². The predicted octanol–water partition coefficient (Wildman–Crippen LogP) is 4.10. The Kier molecular flexibility index (Phi) is 6.00. The van der Waals surface area contributed by atoms with Gasteiger partial charge in [-0.25, -0.2) is 4.98 Å². The molecule has 126 valence electrons. The van der Waals surface area contributed by atoms with E-state index in [2.05, 4.69) is 22.6 Å². The summed E-state index contributed by atoms with van der Waals surface area (Å²) in [5.74, 6) is 0.707. The monoisotopic (exact) mass is 353 g/mol. The average molecular weight is 354 g/mol. The molecule has 0 bridgehead atoms. The molecule has 0 atom stereocenters. The van der Waals surface area contributed by atoms with Gasteiger partial charge in [-0.3, -0.25) is 4.79 Å². The summed E-state index contributed by atoms with van der Waals surface area (Å²) in [6, 6.07) is 0. The number of nitrogens with zero attached hydrogens (tertiary/aromatic N) is 1. The summed E-state index contributed by atoms with van der Waals surface area (Å²) in [5, 5.41) is 6.76. The van der Waals surface area contributed by atoms with Crippen molar-refractivity contribution in [3.05, 3.63) is 27.2 Å². The zero-order valence-corrected chi connectivity index (χ0v) is 15.5. The summed E-state index contributed by atoms with van der Waals surface area (Å²) < 4.78 is 0. The Labute approximate surface area is 147 Å². The summed E-state index contributed by atoms with van der Waals surface area (Å²) in [5.41, 5.74) is 4.92. The van der Waals surface area contributed by atoms with Crippen LogP contribution in [-0.4, -0.2) is 28.8 Å². The fourth-order valence-corrected chi connectivity index (χ4v) is 4.37. The number of rotatable bonds is 4. The molecule has 0 aliphatic carbocycles. The van der Waals surface area contributed by atoms with Crippen LogP contribution in [0.3, 0.4) is 0 Å².